The standard InChI is InChI=1S/C19H39N3O2/c1-4-19(5-2,12-14-23)16-22-18(20-6-3)21-13-9-15-24-17-10-7-8-11-17/h17,23H,4-16H2,1-3H3,(H2,20,21,22). The van der Waals surface area contributed by atoms with Gasteiger partial charge >= 0.3 is 0 Å². The van der Waals surface area contributed by atoms with Crippen molar-refractivity contribution in [3.05, 3.63) is 0 Å². The van der Waals surface area contributed by atoms with Crippen LogP contribution in [-0.4, -0.2) is 50.0 Å². The molecule has 0 spiro atoms. The van der Waals surface area contributed by atoms with Crippen LogP contribution in [-0.2, 0) is 4.74 Å². The van der Waals surface area contributed by atoms with Crippen LogP contribution in [0, 0.1) is 5.41 Å². The van der Waals surface area contributed by atoms with Gasteiger partial charge in [-0.05, 0) is 50.9 Å². The lowest BCUT2D eigenvalue weighted by Crippen LogP contribution is -2.39. The number of nitrogens with one attached hydrogen (secondary N) is 2. The number of hydrogen-bond acceptors (Lipinski definition) is 3. The molecule has 0 atom stereocenters. The van der Waals surface area contributed by atoms with Gasteiger partial charge in [0.15, 0.2) is 5.96 Å². The molecule has 0 unspecified atom stereocenters. The van der Waals surface area contributed by atoms with Crippen LogP contribution >= 0.6 is 0 Å². The summed E-state index contributed by atoms with van der Waals surface area (Å²) in [6.45, 7) is 10.0. The van der Waals surface area contributed by atoms with Crippen LogP contribution in [0.3, 0.4) is 0 Å². The molecule has 5 nitrogen and oxygen atoms in total. The van der Waals surface area contributed by atoms with Gasteiger partial charge < -0.3 is 20.5 Å². The largest absolute Gasteiger partial charge is 0.396 e. The van der Waals surface area contributed by atoms with Crippen LogP contribution < -0.4 is 10.6 Å². The molecular weight excluding hydrogens is 302 g/mol. The van der Waals surface area contributed by atoms with Crippen LogP contribution in [0.1, 0.15) is 72.1 Å². The third-order valence-corrected chi connectivity index (χ3v) is 5.33. The van der Waals surface area contributed by atoms with Gasteiger partial charge in [0.25, 0.3) is 0 Å². The van der Waals surface area contributed by atoms with E-state index in [9.17, 15) is 5.11 Å². The summed E-state index contributed by atoms with van der Waals surface area (Å²) in [5, 5.41) is 16.0. The van der Waals surface area contributed by atoms with E-state index in [1.165, 1.54) is 25.7 Å². The van der Waals surface area contributed by atoms with Gasteiger partial charge in [0.2, 0.25) is 0 Å². The van der Waals surface area contributed by atoms with E-state index >= 15 is 0 Å². The van der Waals surface area contributed by atoms with E-state index in [0.717, 1.165) is 57.9 Å². The van der Waals surface area contributed by atoms with Gasteiger partial charge in [-0.3, -0.25) is 4.99 Å². The summed E-state index contributed by atoms with van der Waals surface area (Å²) in [5.74, 6) is 0.877. The SMILES string of the molecule is CCNC(=NCC(CC)(CC)CCO)NCCCOC1CCCC1. The molecule has 142 valence electrons. The van der Waals surface area contributed by atoms with E-state index in [4.69, 9.17) is 9.73 Å². The molecule has 1 fully saturated rings. The highest BCUT2D eigenvalue weighted by atomic mass is 16.5. The number of hydrogen-bond donors (Lipinski definition) is 3. The topological polar surface area (TPSA) is 65.9 Å². The fourth-order valence-electron chi connectivity index (χ4n) is 3.32. The van der Waals surface area contributed by atoms with Crippen molar-refractivity contribution in [1.82, 2.24) is 10.6 Å². The number of aliphatic hydroxyl groups excluding tert-OH is 1. The highest BCUT2D eigenvalue weighted by Gasteiger charge is 2.25. The second-order valence-electron chi connectivity index (χ2n) is 6.93. The summed E-state index contributed by atoms with van der Waals surface area (Å²) in [4.78, 5) is 4.76. The van der Waals surface area contributed by atoms with E-state index < -0.39 is 0 Å². The second-order valence-corrected chi connectivity index (χ2v) is 6.93. The van der Waals surface area contributed by atoms with Gasteiger partial charge in [0.1, 0.15) is 0 Å². The van der Waals surface area contributed by atoms with Gasteiger partial charge in [-0.1, -0.05) is 26.7 Å². The van der Waals surface area contributed by atoms with Crippen molar-refractivity contribution in [2.45, 2.75) is 78.2 Å². The average molecular weight is 342 g/mol. The zero-order valence-corrected chi connectivity index (χ0v) is 16.1. The summed E-state index contributed by atoms with van der Waals surface area (Å²) in [5.41, 5.74) is 0.114. The van der Waals surface area contributed by atoms with Crippen molar-refractivity contribution < 1.29 is 9.84 Å². The molecule has 0 aromatic heterocycles. The van der Waals surface area contributed by atoms with Crippen LogP contribution in [0.5, 0.6) is 0 Å². The van der Waals surface area contributed by atoms with Crippen molar-refractivity contribution in [2.75, 3.05) is 32.8 Å². The Morgan fingerprint density at radius 2 is 1.88 bits per heavy atom. The quantitative estimate of drug-likeness (QED) is 0.290. The molecule has 3 N–H and O–H groups in total. The fourth-order valence-corrected chi connectivity index (χ4v) is 3.32. The molecule has 0 bridgehead atoms. The van der Waals surface area contributed by atoms with Crippen molar-refractivity contribution in [1.29, 1.82) is 0 Å². The number of guanidine groups is 1. The molecule has 24 heavy (non-hydrogen) atoms. The van der Waals surface area contributed by atoms with E-state index in [1.807, 2.05) is 0 Å². The molecule has 5 heteroatoms. The summed E-state index contributed by atoms with van der Waals surface area (Å²) >= 11 is 0. The molecule has 1 aliphatic carbocycles. The van der Waals surface area contributed by atoms with Crippen molar-refractivity contribution in [2.24, 2.45) is 10.4 Å². The smallest absolute Gasteiger partial charge is 0.191 e. The molecule has 1 saturated carbocycles. The maximum Gasteiger partial charge on any atom is 0.191 e. The van der Waals surface area contributed by atoms with E-state index in [1.54, 1.807) is 0 Å². The molecule has 0 aromatic rings. The Labute approximate surface area is 148 Å². The fraction of sp³-hybridized carbons (Fsp3) is 0.947. The highest BCUT2D eigenvalue weighted by Crippen LogP contribution is 2.30. The van der Waals surface area contributed by atoms with E-state index in [-0.39, 0.29) is 12.0 Å². The molecular formula is C19H39N3O2. The minimum absolute atomic E-state index is 0.114. The average Bonchev–Trinajstić information content (AvgIpc) is 3.11. The first-order valence-corrected chi connectivity index (χ1v) is 9.94. The first-order valence-electron chi connectivity index (χ1n) is 9.94. The van der Waals surface area contributed by atoms with Gasteiger partial charge in [-0.2, -0.15) is 0 Å². The van der Waals surface area contributed by atoms with Gasteiger partial charge in [0.05, 0.1) is 6.10 Å². The van der Waals surface area contributed by atoms with Crippen LogP contribution in [0.25, 0.3) is 0 Å². The molecule has 0 aromatic carbocycles. The predicted octanol–water partition coefficient (Wildman–Crippen LogP) is 3.08. The van der Waals surface area contributed by atoms with Crippen molar-refractivity contribution in [3.63, 3.8) is 0 Å². The lowest BCUT2D eigenvalue weighted by Gasteiger charge is -2.29. The minimum Gasteiger partial charge on any atom is -0.396 e. The van der Waals surface area contributed by atoms with Gasteiger partial charge in [-0.25, -0.2) is 0 Å². The molecule has 0 heterocycles. The minimum atomic E-state index is 0.114. The summed E-state index contributed by atoms with van der Waals surface area (Å²) in [7, 11) is 0. The first kappa shape index (κ1) is 21.2. The first-order chi connectivity index (χ1) is 11.7. The second kappa shape index (κ2) is 12.5. The van der Waals surface area contributed by atoms with Gasteiger partial charge in [-0.15, -0.1) is 0 Å². The summed E-state index contributed by atoms with van der Waals surface area (Å²) < 4.78 is 5.90. The van der Waals surface area contributed by atoms with Crippen molar-refractivity contribution in [3.8, 4) is 0 Å². The Balaban J connectivity index is 2.34. The number of aliphatic imine (C=N–C) groups is 1. The van der Waals surface area contributed by atoms with Crippen LogP contribution in [0.15, 0.2) is 4.99 Å². The lowest BCUT2D eigenvalue weighted by atomic mass is 9.79. The number of ether oxygens (including phenoxy) is 1. The Kier molecular flexibility index (Phi) is 11.1. The molecule has 1 rings (SSSR count). The Hall–Kier alpha value is -0.810. The zero-order valence-electron chi connectivity index (χ0n) is 16.1. The predicted molar refractivity (Wildman–Crippen MR) is 102 cm³/mol. The van der Waals surface area contributed by atoms with Gasteiger partial charge in [0, 0.05) is 32.8 Å². The summed E-state index contributed by atoms with van der Waals surface area (Å²) in [6, 6.07) is 0. The molecule has 1 aliphatic rings. The van der Waals surface area contributed by atoms with Crippen molar-refractivity contribution >= 4 is 5.96 Å². The molecule has 0 aliphatic heterocycles. The molecule has 0 radical (unpaired) electrons. The number of nitrogens with zero attached hydrogens (tertiary/aromatic N) is 1. The Bertz CT molecular complexity index is 338. The third-order valence-electron chi connectivity index (χ3n) is 5.33. The van der Waals surface area contributed by atoms with E-state index in [0.29, 0.717) is 6.10 Å². The maximum atomic E-state index is 9.33. The highest BCUT2D eigenvalue weighted by molar-refractivity contribution is 5.79. The number of rotatable bonds is 12. The zero-order chi connectivity index (χ0) is 17.7. The van der Waals surface area contributed by atoms with Crippen LogP contribution in [0.2, 0.25) is 0 Å². The monoisotopic (exact) mass is 341 g/mol. The maximum absolute atomic E-state index is 9.33. The van der Waals surface area contributed by atoms with E-state index in [2.05, 4.69) is 31.4 Å². The molecule has 0 amide bonds. The summed E-state index contributed by atoms with van der Waals surface area (Å²) in [6.07, 6.45) is 9.53. The Morgan fingerprint density at radius 1 is 1.17 bits per heavy atom. The molecule has 0 saturated heterocycles. The number of aliphatic hydroxyl groups is 1. The lowest BCUT2D eigenvalue weighted by molar-refractivity contribution is 0.0574. The third kappa shape index (κ3) is 7.84. The normalized spacial score (nSPS) is 16.6. The van der Waals surface area contributed by atoms with Crippen LogP contribution in [0.4, 0.5) is 0 Å². The Morgan fingerprint density at radius 3 is 2.46 bits per heavy atom.